The molecule has 0 unspecified atom stereocenters. The summed E-state index contributed by atoms with van der Waals surface area (Å²) in [6, 6.07) is 9.75. The average Bonchev–Trinajstić information content (AvgIpc) is 2.99. The Hall–Kier alpha value is -2.47. The number of halogens is 1. The van der Waals surface area contributed by atoms with Crippen LogP contribution in [0.4, 0.5) is 0 Å². The largest absolute Gasteiger partial charge is 0.221 e. The molecule has 0 saturated heterocycles. The number of nitrogens with zero attached hydrogens (tertiary/aromatic N) is 6. The second-order valence-electron chi connectivity index (χ2n) is 4.89. The van der Waals surface area contributed by atoms with Gasteiger partial charge in [-0.25, -0.2) is 9.36 Å². The molecule has 2 heterocycles. The van der Waals surface area contributed by atoms with Gasteiger partial charge in [0.2, 0.25) is 0 Å². The minimum Gasteiger partial charge on any atom is -0.221 e. The highest BCUT2D eigenvalue weighted by atomic mass is 35.5. The molecule has 0 aliphatic heterocycles. The van der Waals surface area contributed by atoms with Gasteiger partial charge in [0.05, 0.1) is 23.2 Å². The smallest absolute Gasteiger partial charge is 0.151 e. The number of hydrogen-bond donors (Lipinski definition) is 0. The highest BCUT2D eigenvalue weighted by molar-refractivity contribution is 6.32. The van der Waals surface area contributed by atoms with Crippen molar-refractivity contribution in [1.82, 2.24) is 24.7 Å². The van der Waals surface area contributed by atoms with Crippen molar-refractivity contribution in [2.75, 3.05) is 0 Å². The van der Waals surface area contributed by atoms with Gasteiger partial charge in [-0.3, -0.25) is 0 Å². The summed E-state index contributed by atoms with van der Waals surface area (Å²) in [7, 11) is 0. The Bertz CT molecular complexity index is 812. The van der Waals surface area contributed by atoms with Crippen molar-refractivity contribution in [2.45, 2.75) is 20.8 Å². The molecule has 3 aromatic rings. The normalized spacial score (nSPS) is 11.5. The SMILES string of the molecule is Cc1nn(-c2ccccc2)c(Cl)c1/C=N/n1c(C)nnc1C. The summed E-state index contributed by atoms with van der Waals surface area (Å²) in [6.07, 6.45) is 1.69. The van der Waals surface area contributed by atoms with E-state index in [1.54, 1.807) is 15.6 Å². The molecule has 112 valence electrons. The predicted molar refractivity (Wildman–Crippen MR) is 85.8 cm³/mol. The van der Waals surface area contributed by atoms with Gasteiger partial charge in [-0.2, -0.15) is 10.2 Å². The molecule has 0 saturated carbocycles. The van der Waals surface area contributed by atoms with Gasteiger partial charge < -0.3 is 0 Å². The summed E-state index contributed by atoms with van der Waals surface area (Å²) in [4.78, 5) is 0. The minimum absolute atomic E-state index is 0.524. The molecule has 0 atom stereocenters. The summed E-state index contributed by atoms with van der Waals surface area (Å²) in [5.41, 5.74) is 2.49. The van der Waals surface area contributed by atoms with E-state index < -0.39 is 0 Å². The lowest BCUT2D eigenvalue weighted by Gasteiger charge is -2.02. The van der Waals surface area contributed by atoms with Crippen molar-refractivity contribution in [3.8, 4) is 5.69 Å². The summed E-state index contributed by atoms with van der Waals surface area (Å²) in [5, 5.41) is 17.3. The zero-order chi connectivity index (χ0) is 15.7. The molecule has 0 fully saturated rings. The molecule has 0 aliphatic carbocycles. The van der Waals surface area contributed by atoms with E-state index in [0.717, 1.165) is 28.6 Å². The third-order valence-electron chi connectivity index (χ3n) is 3.30. The van der Waals surface area contributed by atoms with E-state index in [9.17, 15) is 0 Å². The molecular weight excluding hydrogens is 300 g/mol. The lowest BCUT2D eigenvalue weighted by molar-refractivity contribution is 0.799. The number of para-hydroxylation sites is 1. The fraction of sp³-hybridized carbons (Fsp3) is 0.200. The molecule has 0 N–H and O–H groups in total. The molecule has 0 spiro atoms. The molecule has 1 aromatic carbocycles. The molecule has 7 heteroatoms. The van der Waals surface area contributed by atoms with Crippen LogP contribution in [-0.2, 0) is 0 Å². The molecule has 0 bridgehead atoms. The quantitative estimate of drug-likeness (QED) is 0.698. The molecule has 6 nitrogen and oxygen atoms in total. The van der Waals surface area contributed by atoms with Crippen molar-refractivity contribution in [3.63, 3.8) is 0 Å². The standard InChI is InChI=1S/C15H15ClN6/c1-10-14(9-17-21-11(2)18-19-12(21)3)15(16)22(20-10)13-7-5-4-6-8-13/h4-9H,1-3H3/b17-9+. The number of aryl methyl sites for hydroxylation is 3. The topological polar surface area (TPSA) is 60.9 Å². The maximum atomic E-state index is 6.45. The maximum absolute atomic E-state index is 6.45. The first-order valence-electron chi connectivity index (χ1n) is 6.81. The van der Waals surface area contributed by atoms with Crippen LogP contribution in [0.15, 0.2) is 35.4 Å². The van der Waals surface area contributed by atoms with Crippen molar-refractivity contribution in [2.24, 2.45) is 5.10 Å². The monoisotopic (exact) mass is 314 g/mol. The third-order valence-corrected chi connectivity index (χ3v) is 3.67. The Morgan fingerprint density at radius 1 is 1.05 bits per heavy atom. The number of rotatable bonds is 3. The first-order chi connectivity index (χ1) is 10.6. The van der Waals surface area contributed by atoms with Crippen molar-refractivity contribution < 1.29 is 0 Å². The molecule has 0 aliphatic rings. The maximum Gasteiger partial charge on any atom is 0.151 e. The first kappa shape index (κ1) is 14.5. The summed E-state index contributed by atoms with van der Waals surface area (Å²) < 4.78 is 3.36. The van der Waals surface area contributed by atoms with E-state index in [1.165, 1.54) is 0 Å². The van der Waals surface area contributed by atoms with Crippen LogP contribution in [0.1, 0.15) is 22.9 Å². The van der Waals surface area contributed by atoms with Gasteiger partial charge in [-0.1, -0.05) is 29.8 Å². The second kappa shape index (κ2) is 5.73. The van der Waals surface area contributed by atoms with Crippen LogP contribution < -0.4 is 0 Å². The minimum atomic E-state index is 0.524. The van der Waals surface area contributed by atoms with Crippen LogP contribution in [0.25, 0.3) is 5.69 Å². The Morgan fingerprint density at radius 3 is 2.32 bits per heavy atom. The molecule has 3 rings (SSSR count). The van der Waals surface area contributed by atoms with Crippen LogP contribution in [-0.4, -0.2) is 30.9 Å². The van der Waals surface area contributed by atoms with E-state index in [1.807, 2.05) is 51.1 Å². The Labute approximate surface area is 133 Å². The fourth-order valence-corrected chi connectivity index (χ4v) is 2.47. The Morgan fingerprint density at radius 2 is 1.68 bits per heavy atom. The number of hydrogen-bond acceptors (Lipinski definition) is 4. The zero-order valence-electron chi connectivity index (χ0n) is 12.5. The van der Waals surface area contributed by atoms with Crippen molar-refractivity contribution in [3.05, 3.63) is 58.4 Å². The molecule has 2 aromatic heterocycles. The van der Waals surface area contributed by atoms with Crippen LogP contribution in [0.3, 0.4) is 0 Å². The predicted octanol–water partition coefficient (Wildman–Crippen LogP) is 2.92. The summed E-state index contributed by atoms with van der Waals surface area (Å²) >= 11 is 6.45. The highest BCUT2D eigenvalue weighted by Gasteiger charge is 2.13. The van der Waals surface area contributed by atoms with Crippen molar-refractivity contribution in [1.29, 1.82) is 0 Å². The van der Waals surface area contributed by atoms with Crippen LogP contribution in [0.5, 0.6) is 0 Å². The Balaban J connectivity index is 2.01. The zero-order valence-corrected chi connectivity index (χ0v) is 13.3. The second-order valence-corrected chi connectivity index (χ2v) is 5.25. The highest BCUT2D eigenvalue weighted by Crippen LogP contribution is 2.22. The van der Waals surface area contributed by atoms with Crippen LogP contribution >= 0.6 is 11.6 Å². The summed E-state index contributed by atoms with van der Waals surface area (Å²) in [5.74, 6) is 1.44. The van der Waals surface area contributed by atoms with Crippen LogP contribution in [0.2, 0.25) is 5.15 Å². The molecule has 22 heavy (non-hydrogen) atoms. The molecule has 0 amide bonds. The fourth-order valence-electron chi connectivity index (χ4n) is 2.14. The summed E-state index contributed by atoms with van der Waals surface area (Å²) in [6.45, 7) is 5.59. The van der Waals surface area contributed by atoms with Gasteiger partial charge in [0.25, 0.3) is 0 Å². The van der Waals surface area contributed by atoms with Crippen LogP contribution in [0, 0.1) is 20.8 Å². The van der Waals surface area contributed by atoms with Gasteiger partial charge in [0, 0.05) is 0 Å². The Kier molecular flexibility index (Phi) is 3.77. The molecule has 0 radical (unpaired) electrons. The molecular formula is C15H15ClN6. The number of aromatic nitrogens is 5. The average molecular weight is 315 g/mol. The van der Waals surface area contributed by atoms with Crippen molar-refractivity contribution >= 4 is 17.8 Å². The first-order valence-corrected chi connectivity index (χ1v) is 7.19. The van der Waals surface area contributed by atoms with Gasteiger partial charge in [0.15, 0.2) is 11.6 Å². The number of benzene rings is 1. The van der Waals surface area contributed by atoms with Gasteiger partial charge >= 0.3 is 0 Å². The van der Waals surface area contributed by atoms with Gasteiger partial charge in [-0.15, -0.1) is 10.2 Å². The van der Waals surface area contributed by atoms with E-state index in [2.05, 4.69) is 20.4 Å². The van der Waals surface area contributed by atoms with Gasteiger partial charge in [-0.05, 0) is 32.9 Å². The van der Waals surface area contributed by atoms with Gasteiger partial charge in [0.1, 0.15) is 5.15 Å². The van der Waals surface area contributed by atoms with E-state index >= 15 is 0 Å². The lowest BCUT2D eigenvalue weighted by Crippen LogP contribution is -1.97. The van der Waals surface area contributed by atoms with E-state index in [-0.39, 0.29) is 0 Å². The van der Waals surface area contributed by atoms with E-state index in [4.69, 9.17) is 11.6 Å². The third kappa shape index (κ3) is 2.53. The van der Waals surface area contributed by atoms with E-state index in [0.29, 0.717) is 5.15 Å². The lowest BCUT2D eigenvalue weighted by atomic mass is 10.3.